The smallest absolute Gasteiger partial charge is 0.191 e. The van der Waals surface area contributed by atoms with Crippen molar-refractivity contribution in [3.8, 4) is 0 Å². The van der Waals surface area contributed by atoms with Gasteiger partial charge in [-0.25, -0.2) is 0 Å². The fourth-order valence-electron chi connectivity index (χ4n) is 2.99. The van der Waals surface area contributed by atoms with E-state index in [4.69, 9.17) is 14.5 Å². The molecule has 28 heavy (non-hydrogen) atoms. The highest BCUT2D eigenvalue weighted by Gasteiger charge is 2.17. The molecule has 1 aliphatic heterocycles. The third kappa shape index (κ3) is 10.0. The topological polar surface area (TPSA) is 58.1 Å². The maximum absolute atomic E-state index is 5.82. The Labute approximate surface area is 187 Å². The van der Waals surface area contributed by atoms with E-state index in [-0.39, 0.29) is 24.0 Å². The summed E-state index contributed by atoms with van der Waals surface area (Å²) in [7, 11) is 0. The van der Waals surface area contributed by atoms with E-state index >= 15 is 0 Å². The first kappa shape index (κ1) is 25.1. The Kier molecular flexibility index (Phi) is 13.5. The molecule has 1 saturated heterocycles. The summed E-state index contributed by atoms with van der Waals surface area (Å²) < 4.78 is 11.3. The quantitative estimate of drug-likeness (QED) is 0.292. The molecule has 160 valence electrons. The van der Waals surface area contributed by atoms with Crippen molar-refractivity contribution in [2.75, 3.05) is 52.5 Å². The molecule has 0 bridgehead atoms. The molecule has 7 heteroatoms. The molecule has 0 amide bonds. The van der Waals surface area contributed by atoms with Gasteiger partial charge in [-0.15, -0.1) is 24.0 Å². The Bertz CT molecular complexity index is 538. The van der Waals surface area contributed by atoms with Crippen LogP contribution >= 0.6 is 24.0 Å². The van der Waals surface area contributed by atoms with Gasteiger partial charge in [0.1, 0.15) is 0 Å². The van der Waals surface area contributed by atoms with Gasteiger partial charge in [-0.1, -0.05) is 37.3 Å². The number of rotatable bonds is 10. The van der Waals surface area contributed by atoms with E-state index in [1.54, 1.807) is 0 Å². The van der Waals surface area contributed by atoms with Crippen LogP contribution in [0, 0.1) is 5.92 Å². The van der Waals surface area contributed by atoms with Crippen LogP contribution in [-0.2, 0) is 16.1 Å². The number of nitrogens with one attached hydrogen (secondary N) is 2. The van der Waals surface area contributed by atoms with Crippen LogP contribution in [0.4, 0.5) is 0 Å². The second-order valence-corrected chi connectivity index (χ2v) is 7.20. The Morgan fingerprint density at radius 2 is 1.89 bits per heavy atom. The van der Waals surface area contributed by atoms with E-state index in [0.717, 1.165) is 51.9 Å². The molecular weight excluding hydrogens is 467 g/mol. The van der Waals surface area contributed by atoms with Crippen molar-refractivity contribution in [3.05, 3.63) is 35.9 Å². The lowest BCUT2D eigenvalue weighted by molar-refractivity contribution is 0.0211. The number of hydrogen-bond donors (Lipinski definition) is 2. The molecule has 2 N–H and O–H groups in total. The van der Waals surface area contributed by atoms with Crippen molar-refractivity contribution in [1.82, 2.24) is 15.5 Å². The number of halogens is 1. The Morgan fingerprint density at radius 1 is 1.18 bits per heavy atom. The minimum atomic E-state index is 0. The van der Waals surface area contributed by atoms with E-state index in [1.807, 2.05) is 18.2 Å². The minimum absolute atomic E-state index is 0. The highest BCUT2D eigenvalue weighted by atomic mass is 127. The molecule has 0 saturated carbocycles. The molecule has 0 aromatic heterocycles. The van der Waals surface area contributed by atoms with Crippen LogP contribution in [-0.4, -0.2) is 69.4 Å². The third-order valence-electron chi connectivity index (χ3n) is 4.65. The van der Waals surface area contributed by atoms with Crippen LogP contribution in [0.15, 0.2) is 35.3 Å². The summed E-state index contributed by atoms with van der Waals surface area (Å²) in [6, 6.07) is 10.7. The number of benzene rings is 1. The zero-order valence-electron chi connectivity index (χ0n) is 17.5. The molecule has 0 radical (unpaired) electrons. The van der Waals surface area contributed by atoms with Gasteiger partial charge in [-0.05, 0) is 25.3 Å². The van der Waals surface area contributed by atoms with Crippen molar-refractivity contribution >= 4 is 29.9 Å². The van der Waals surface area contributed by atoms with Gasteiger partial charge in [0.15, 0.2) is 5.96 Å². The van der Waals surface area contributed by atoms with Gasteiger partial charge >= 0.3 is 0 Å². The normalized spacial score (nSPS) is 17.5. The van der Waals surface area contributed by atoms with Crippen molar-refractivity contribution in [1.29, 1.82) is 0 Å². The van der Waals surface area contributed by atoms with E-state index in [2.05, 4.69) is 48.4 Å². The van der Waals surface area contributed by atoms with Gasteiger partial charge in [0.25, 0.3) is 0 Å². The Balaban J connectivity index is 0.00000392. The molecule has 2 unspecified atom stereocenters. The average molecular weight is 504 g/mol. The van der Waals surface area contributed by atoms with Crippen molar-refractivity contribution in [2.24, 2.45) is 10.9 Å². The molecule has 2 atom stereocenters. The maximum Gasteiger partial charge on any atom is 0.191 e. The van der Waals surface area contributed by atoms with Gasteiger partial charge in [0.2, 0.25) is 0 Å². The highest BCUT2D eigenvalue weighted by molar-refractivity contribution is 14.0. The standard InChI is InChI=1S/C21H36N4O2.HI/c1-4-22-21(24-15-19(3)25-10-12-26-13-11-25)23-14-18(2)16-27-17-20-8-6-5-7-9-20;/h5-9,18-19H,4,10-17H2,1-3H3,(H2,22,23,24);1H. The van der Waals surface area contributed by atoms with Crippen LogP contribution in [0.2, 0.25) is 0 Å². The zero-order chi connectivity index (χ0) is 19.3. The number of guanidine groups is 1. The first-order valence-electron chi connectivity index (χ1n) is 10.1. The number of ether oxygens (including phenoxy) is 2. The average Bonchev–Trinajstić information content (AvgIpc) is 2.71. The number of hydrogen-bond acceptors (Lipinski definition) is 4. The largest absolute Gasteiger partial charge is 0.379 e. The fourth-order valence-corrected chi connectivity index (χ4v) is 2.99. The molecule has 2 rings (SSSR count). The lowest BCUT2D eigenvalue weighted by Crippen LogP contribution is -2.49. The fraction of sp³-hybridized carbons (Fsp3) is 0.667. The van der Waals surface area contributed by atoms with Crippen molar-refractivity contribution in [3.63, 3.8) is 0 Å². The van der Waals surface area contributed by atoms with E-state index in [0.29, 0.717) is 25.2 Å². The summed E-state index contributed by atoms with van der Waals surface area (Å²) in [4.78, 5) is 7.19. The number of morpholine rings is 1. The van der Waals surface area contributed by atoms with Crippen LogP contribution in [0.25, 0.3) is 0 Å². The second kappa shape index (κ2) is 15.0. The monoisotopic (exact) mass is 504 g/mol. The zero-order valence-corrected chi connectivity index (χ0v) is 19.9. The van der Waals surface area contributed by atoms with Gasteiger partial charge in [-0.2, -0.15) is 0 Å². The molecule has 0 aliphatic carbocycles. The maximum atomic E-state index is 5.82. The summed E-state index contributed by atoms with van der Waals surface area (Å²) in [5.41, 5.74) is 1.21. The summed E-state index contributed by atoms with van der Waals surface area (Å²) in [5.74, 6) is 1.26. The Hall–Kier alpha value is -0.900. The second-order valence-electron chi connectivity index (χ2n) is 7.20. The summed E-state index contributed by atoms with van der Waals surface area (Å²) in [6.07, 6.45) is 0. The third-order valence-corrected chi connectivity index (χ3v) is 4.65. The predicted octanol–water partition coefficient (Wildman–Crippen LogP) is 2.73. The lowest BCUT2D eigenvalue weighted by atomic mass is 10.2. The lowest BCUT2D eigenvalue weighted by Gasteiger charge is -2.32. The first-order valence-corrected chi connectivity index (χ1v) is 10.1. The van der Waals surface area contributed by atoms with E-state index in [9.17, 15) is 0 Å². The van der Waals surface area contributed by atoms with E-state index < -0.39 is 0 Å². The van der Waals surface area contributed by atoms with Gasteiger partial charge < -0.3 is 20.1 Å². The van der Waals surface area contributed by atoms with Crippen LogP contribution in [0.3, 0.4) is 0 Å². The molecule has 1 aromatic rings. The number of nitrogens with zero attached hydrogens (tertiary/aromatic N) is 2. The van der Waals surface area contributed by atoms with Gasteiger partial charge in [0, 0.05) is 38.8 Å². The Morgan fingerprint density at radius 3 is 2.57 bits per heavy atom. The molecule has 1 aliphatic rings. The molecule has 0 spiro atoms. The van der Waals surface area contributed by atoms with Crippen molar-refractivity contribution < 1.29 is 9.47 Å². The first-order chi connectivity index (χ1) is 13.2. The summed E-state index contributed by atoms with van der Waals surface area (Å²) >= 11 is 0. The van der Waals surface area contributed by atoms with Crippen LogP contribution in [0.5, 0.6) is 0 Å². The van der Waals surface area contributed by atoms with Crippen LogP contribution < -0.4 is 10.6 Å². The number of aliphatic imine (C=N–C) groups is 1. The minimum Gasteiger partial charge on any atom is -0.379 e. The van der Waals surface area contributed by atoms with E-state index in [1.165, 1.54) is 5.56 Å². The van der Waals surface area contributed by atoms with Gasteiger partial charge in [0.05, 0.1) is 26.4 Å². The van der Waals surface area contributed by atoms with Crippen LogP contribution in [0.1, 0.15) is 26.3 Å². The molecular formula is C21H37IN4O2. The predicted molar refractivity (Wildman–Crippen MR) is 127 cm³/mol. The summed E-state index contributed by atoms with van der Waals surface area (Å²) in [6.45, 7) is 14.0. The highest BCUT2D eigenvalue weighted by Crippen LogP contribution is 2.04. The molecule has 1 fully saturated rings. The van der Waals surface area contributed by atoms with Crippen molar-refractivity contribution in [2.45, 2.75) is 33.4 Å². The SMILES string of the molecule is CCNC(=NCC(C)COCc1ccccc1)NCC(C)N1CCOCC1.I. The molecule has 6 nitrogen and oxygen atoms in total. The molecule has 1 aromatic carbocycles. The molecule has 1 heterocycles. The van der Waals surface area contributed by atoms with Gasteiger partial charge in [-0.3, -0.25) is 9.89 Å². The summed E-state index contributed by atoms with van der Waals surface area (Å²) in [5, 5.41) is 6.80.